The van der Waals surface area contributed by atoms with Gasteiger partial charge in [-0.3, -0.25) is 9.89 Å². The number of carbonyl (C=O) groups excluding carboxylic acids is 1. The van der Waals surface area contributed by atoms with E-state index in [1.165, 1.54) is 12.1 Å². The van der Waals surface area contributed by atoms with E-state index in [-0.39, 0.29) is 28.8 Å². The number of rotatable bonds is 8. The first-order valence-corrected chi connectivity index (χ1v) is 9.69. The predicted octanol–water partition coefficient (Wildman–Crippen LogP) is 1.16. The lowest BCUT2D eigenvalue weighted by atomic mass is 10.3. The Labute approximate surface area is 155 Å². The number of carbonyl (C=O) groups is 1. The van der Waals surface area contributed by atoms with Gasteiger partial charge in [0.25, 0.3) is 0 Å². The van der Waals surface area contributed by atoms with Crippen LogP contribution in [0.3, 0.4) is 0 Å². The molecule has 0 radical (unpaired) electrons. The van der Waals surface area contributed by atoms with Crippen molar-refractivity contribution in [2.45, 2.75) is 17.7 Å². The molecule has 25 heavy (non-hydrogen) atoms. The maximum absolute atomic E-state index is 12.1. The second-order valence-corrected chi connectivity index (χ2v) is 7.71. The summed E-state index contributed by atoms with van der Waals surface area (Å²) in [5, 5.41) is 9.54. The number of sulfonamides is 1. The van der Waals surface area contributed by atoms with Crippen molar-refractivity contribution in [2.75, 3.05) is 13.1 Å². The summed E-state index contributed by atoms with van der Waals surface area (Å²) in [5.41, 5.74) is 0. The highest BCUT2D eigenvalue weighted by molar-refractivity contribution is 7.89. The van der Waals surface area contributed by atoms with Crippen LogP contribution in [0, 0.1) is 4.77 Å². The maximum atomic E-state index is 12.1. The molecule has 3 N–H and O–H groups in total. The molecule has 8 nitrogen and oxygen atoms in total. The molecule has 0 fully saturated rings. The quantitative estimate of drug-likeness (QED) is 0.573. The van der Waals surface area contributed by atoms with Gasteiger partial charge in [0.2, 0.25) is 15.9 Å². The Hall–Kier alpha value is -1.75. The molecule has 136 valence electrons. The van der Waals surface area contributed by atoms with Crippen molar-refractivity contribution >= 4 is 39.7 Å². The fourth-order valence-electron chi connectivity index (χ4n) is 2.04. The van der Waals surface area contributed by atoms with Gasteiger partial charge in [-0.25, -0.2) is 13.1 Å². The third-order valence-electron chi connectivity index (χ3n) is 3.41. The summed E-state index contributed by atoms with van der Waals surface area (Å²) in [6.45, 7) is 0.357. The van der Waals surface area contributed by atoms with E-state index in [4.69, 9.17) is 23.8 Å². The number of aromatic nitrogens is 3. The van der Waals surface area contributed by atoms with Crippen molar-refractivity contribution in [1.82, 2.24) is 24.8 Å². The van der Waals surface area contributed by atoms with E-state index >= 15 is 0 Å². The van der Waals surface area contributed by atoms with Gasteiger partial charge >= 0.3 is 0 Å². The Morgan fingerprint density at radius 2 is 2.08 bits per heavy atom. The Morgan fingerprint density at radius 1 is 1.36 bits per heavy atom. The fraction of sp³-hybridized carbons (Fsp3) is 0.357. The summed E-state index contributed by atoms with van der Waals surface area (Å²) >= 11 is 10.9. The lowest BCUT2D eigenvalue weighted by Crippen LogP contribution is -2.32. The summed E-state index contributed by atoms with van der Waals surface area (Å²) < 4.78 is 28.8. The van der Waals surface area contributed by atoms with Gasteiger partial charge in [0.15, 0.2) is 4.77 Å². The Bertz CT molecular complexity index is 907. The number of nitrogens with one attached hydrogen (secondary N) is 3. The van der Waals surface area contributed by atoms with Crippen LogP contribution in [0.1, 0.15) is 12.2 Å². The highest BCUT2D eigenvalue weighted by atomic mass is 35.5. The Kier molecular flexibility index (Phi) is 6.71. The molecule has 0 saturated heterocycles. The molecule has 0 atom stereocenters. The number of halogens is 1. The zero-order valence-corrected chi connectivity index (χ0v) is 15.8. The predicted molar refractivity (Wildman–Crippen MR) is 96.4 cm³/mol. The lowest BCUT2D eigenvalue weighted by molar-refractivity contribution is -0.120. The van der Waals surface area contributed by atoms with Crippen LogP contribution in [-0.4, -0.2) is 42.2 Å². The molecule has 0 spiro atoms. The zero-order valence-electron chi connectivity index (χ0n) is 13.5. The van der Waals surface area contributed by atoms with Gasteiger partial charge in [-0.2, -0.15) is 5.10 Å². The van der Waals surface area contributed by atoms with Crippen molar-refractivity contribution in [1.29, 1.82) is 0 Å². The fourth-order valence-corrected chi connectivity index (χ4v) is 3.74. The van der Waals surface area contributed by atoms with Gasteiger partial charge in [-0.1, -0.05) is 23.7 Å². The van der Waals surface area contributed by atoms with E-state index in [2.05, 4.69) is 20.2 Å². The molecule has 0 aliphatic heterocycles. The average molecular weight is 404 g/mol. The summed E-state index contributed by atoms with van der Waals surface area (Å²) in [7, 11) is -1.96. The number of hydrogen-bond donors (Lipinski definition) is 3. The molecular weight excluding hydrogens is 386 g/mol. The second kappa shape index (κ2) is 8.56. The normalized spacial score (nSPS) is 11.4. The molecule has 1 heterocycles. The van der Waals surface area contributed by atoms with Gasteiger partial charge < -0.3 is 9.88 Å². The minimum atomic E-state index is -3.74. The van der Waals surface area contributed by atoms with Gasteiger partial charge in [0.1, 0.15) is 10.7 Å². The van der Waals surface area contributed by atoms with E-state index in [0.717, 1.165) is 5.82 Å². The molecule has 0 saturated carbocycles. The topological polar surface area (TPSA) is 109 Å². The molecule has 0 bridgehead atoms. The van der Waals surface area contributed by atoms with Crippen LogP contribution in [0.15, 0.2) is 29.2 Å². The molecular formula is C14H18ClN5O3S2. The highest BCUT2D eigenvalue weighted by Crippen LogP contribution is 2.19. The van der Waals surface area contributed by atoms with Crippen molar-refractivity contribution in [3.05, 3.63) is 39.9 Å². The average Bonchev–Trinajstić information content (AvgIpc) is 2.87. The summed E-state index contributed by atoms with van der Waals surface area (Å²) in [5.74, 6) is 0.461. The standard InChI is InChI=1S/C14H18ClN5O3S2/c1-20-12(18-19-14(20)24)6-8-16-13(21)7-9-17-25(22,23)11-5-3-2-4-10(11)15/h2-5,17H,6-9H2,1H3,(H,16,21)(H,19,24). The van der Waals surface area contributed by atoms with Crippen LogP contribution in [0.25, 0.3) is 0 Å². The molecule has 0 aliphatic carbocycles. The third kappa shape index (κ3) is 5.36. The minimum absolute atomic E-state index is 0.0113. The molecule has 0 aliphatic rings. The first kappa shape index (κ1) is 19.6. The summed E-state index contributed by atoms with van der Waals surface area (Å²) in [6, 6.07) is 6.12. The number of aromatic amines is 1. The smallest absolute Gasteiger partial charge is 0.242 e. The first-order valence-electron chi connectivity index (χ1n) is 7.42. The van der Waals surface area contributed by atoms with Crippen LogP contribution < -0.4 is 10.0 Å². The van der Waals surface area contributed by atoms with Gasteiger partial charge in [-0.15, -0.1) is 0 Å². The SMILES string of the molecule is Cn1c(CCNC(=O)CCNS(=O)(=O)c2ccccc2Cl)n[nH]c1=S. The second-order valence-electron chi connectivity index (χ2n) is 5.18. The monoisotopic (exact) mass is 403 g/mol. The van der Waals surface area contributed by atoms with Crippen molar-refractivity contribution in [2.24, 2.45) is 7.05 Å². The zero-order chi connectivity index (χ0) is 18.4. The molecule has 2 rings (SSSR count). The molecule has 1 aromatic carbocycles. The van der Waals surface area contributed by atoms with Crippen molar-refractivity contribution in [3.8, 4) is 0 Å². The number of benzene rings is 1. The number of hydrogen-bond acceptors (Lipinski definition) is 5. The third-order valence-corrected chi connectivity index (χ3v) is 5.74. The Morgan fingerprint density at radius 3 is 2.72 bits per heavy atom. The van der Waals surface area contributed by atoms with Gasteiger partial charge in [0, 0.05) is 33.0 Å². The lowest BCUT2D eigenvalue weighted by Gasteiger charge is -2.08. The van der Waals surface area contributed by atoms with Crippen molar-refractivity contribution in [3.63, 3.8) is 0 Å². The van der Waals surface area contributed by atoms with Crippen LogP contribution in [-0.2, 0) is 28.3 Å². The summed E-state index contributed by atoms with van der Waals surface area (Å²) in [4.78, 5) is 11.8. The molecule has 11 heteroatoms. The summed E-state index contributed by atoms with van der Waals surface area (Å²) in [6.07, 6.45) is 0.531. The van der Waals surface area contributed by atoms with E-state index in [9.17, 15) is 13.2 Å². The first-order chi connectivity index (χ1) is 11.8. The highest BCUT2D eigenvalue weighted by Gasteiger charge is 2.17. The maximum Gasteiger partial charge on any atom is 0.242 e. The van der Waals surface area contributed by atoms with Crippen LogP contribution >= 0.6 is 23.8 Å². The largest absolute Gasteiger partial charge is 0.356 e. The molecule has 0 unspecified atom stereocenters. The van der Waals surface area contributed by atoms with Gasteiger partial charge in [0.05, 0.1) is 5.02 Å². The molecule has 1 aromatic heterocycles. The minimum Gasteiger partial charge on any atom is -0.356 e. The Balaban J connectivity index is 1.76. The van der Waals surface area contributed by atoms with E-state index in [1.54, 1.807) is 23.7 Å². The van der Waals surface area contributed by atoms with Crippen LogP contribution in [0.4, 0.5) is 0 Å². The van der Waals surface area contributed by atoms with Gasteiger partial charge in [-0.05, 0) is 24.4 Å². The molecule has 2 aromatic rings. The van der Waals surface area contributed by atoms with E-state index in [0.29, 0.717) is 17.7 Å². The van der Waals surface area contributed by atoms with E-state index in [1.807, 2.05) is 0 Å². The number of H-pyrrole nitrogens is 1. The molecule has 1 amide bonds. The number of nitrogens with zero attached hydrogens (tertiary/aromatic N) is 2. The van der Waals surface area contributed by atoms with E-state index < -0.39 is 10.0 Å². The number of amides is 1. The van der Waals surface area contributed by atoms with Crippen LogP contribution in [0.5, 0.6) is 0 Å². The van der Waals surface area contributed by atoms with Crippen LogP contribution in [0.2, 0.25) is 5.02 Å². The van der Waals surface area contributed by atoms with Crippen molar-refractivity contribution < 1.29 is 13.2 Å².